The average Bonchev–Trinajstić information content (AvgIpc) is 3.02. The van der Waals surface area contributed by atoms with Gasteiger partial charge in [-0.25, -0.2) is 0 Å². The fourth-order valence-corrected chi connectivity index (χ4v) is 11.0. The van der Waals surface area contributed by atoms with Gasteiger partial charge in [0, 0.05) is 0 Å². The zero-order chi connectivity index (χ0) is 35.8. The summed E-state index contributed by atoms with van der Waals surface area (Å²) in [4.78, 5) is 27.5. The van der Waals surface area contributed by atoms with Crippen LogP contribution in [-0.2, 0) is 19.1 Å². The van der Waals surface area contributed by atoms with Crippen molar-refractivity contribution in [2.45, 2.75) is 173 Å². The van der Waals surface area contributed by atoms with Crippen molar-refractivity contribution >= 4 is 11.9 Å². The lowest BCUT2D eigenvalue weighted by Gasteiger charge is -2.47. The van der Waals surface area contributed by atoms with E-state index in [0.29, 0.717) is 83.2 Å². The molecular weight excluding hydrogens is 592 g/mol. The van der Waals surface area contributed by atoms with E-state index in [1.807, 2.05) is 0 Å². The smallest absolute Gasteiger partial charge is 0.309 e. The molecule has 0 amide bonds. The van der Waals surface area contributed by atoms with Crippen molar-refractivity contribution in [2.24, 2.45) is 81.8 Å². The van der Waals surface area contributed by atoms with Crippen LogP contribution >= 0.6 is 0 Å². The van der Waals surface area contributed by atoms with Gasteiger partial charge in [0.05, 0.1) is 25.0 Å². The van der Waals surface area contributed by atoms with Crippen molar-refractivity contribution in [3.8, 4) is 0 Å². The van der Waals surface area contributed by atoms with Gasteiger partial charge in [0.15, 0.2) is 0 Å². The highest BCUT2D eigenvalue weighted by atomic mass is 16.5. The third-order valence-corrected chi connectivity index (χ3v) is 14.3. The first-order valence-corrected chi connectivity index (χ1v) is 20.8. The number of hydrogen-bond donors (Lipinski definition) is 0. The molecule has 0 N–H and O–H groups in total. The lowest BCUT2D eigenvalue weighted by molar-refractivity contribution is -0.167. The van der Waals surface area contributed by atoms with Crippen molar-refractivity contribution in [2.75, 3.05) is 13.2 Å². The number of unbranched alkanes of at least 4 members (excludes halogenated alkanes) is 2. The maximum absolute atomic E-state index is 13.7. The van der Waals surface area contributed by atoms with Gasteiger partial charge in [0.1, 0.15) is 0 Å². The summed E-state index contributed by atoms with van der Waals surface area (Å²) in [5.74, 6) is 4.53. The van der Waals surface area contributed by atoms with Crippen molar-refractivity contribution in [1.29, 1.82) is 0 Å². The molecule has 48 heavy (non-hydrogen) atoms. The molecular formula is C44H80O4. The Bertz CT molecular complexity index is 906. The van der Waals surface area contributed by atoms with Crippen LogP contribution in [0.25, 0.3) is 0 Å². The second-order valence-electron chi connectivity index (χ2n) is 19.5. The SMILES string of the molecule is CCCCC(C)(C)CC1C(C)CC(C)C(COC(=O)C2CCCCC2C(=O)OCC2C(C)CC(C)C(CC(C)(C)CCCC)C2C)C1C. The zero-order valence-electron chi connectivity index (χ0n) is 33.9. The number of ether oxygens (including phenoxy) is 2. The molecule has 280 valence electrons. The van der Waals surface area contributed by atoms with Crippen LogP contribution < -0.4 is 0 Å². The minimum Gasteiger partial charge on any atom is -0.465 e. The average molecular weight is 673 g/mol. The summed E-state index contributed by atoms with van der Waals surface area (Å²) in [5.41, 5.74) is 0.691. The molecule has 0 aromatic rings. The topological polar surface area (TPSA) is 52.6 Å². The molecule has 3 aliphatic rings. The molecule has 12 atom stereocenters. The molecule has 0 spiro atoms. The predicted octanol–water partition coefficient (Wildman–Crippen LogP) is 12.2. The Hall–Kier alpha value is -1.06. The first-order valence-electron chi connectivity index (χ1n) is 20.8. The molecule has 3 aliphatic carbocycles. The van der Waals surface area contributed by atoms with Gasteiger partial charge < -0.3 is 9.47 Å². The van der Waals surface area contributed by atoms with E-state index < -0.39 is 0 Å². The number of carbonyl (C=O) groups is 2. The van der Waals surface area contributed by atoms with E-state index in [2.05, 4.69) is 83.1 Å². The van der Waals surface area contributed by atoms with Gasteiger partial charge in [-0.3, -0.25) is 9.59 Å². The van der Waals surface area contributed by atoms with E-state index in [1.54, 1.807) is 0 Å². The Morgan fingerprint density at radius 1 is 0.562 bits per heavy atom. The number of hydrogen-bond acceptors (Lipinski definition) is 4. The molecule has 3 fully saturated rings. The minimum atomic E-state index is -0.364. The fourth-order valence-electron chi connectivity index (χ4n) is 11.0. The van der Waals surface area contributed by atoms with E-state index in [0.717, 1.165) is 25.7 Å². The minimum absolute atomic E-state index is 0.155. The normalized spacial score (nSPS) is 36.4. The largest absolute Gasteiger partial charge is 0.465 e. The standard InChI is InChI=1S/C44H80O4/c1-13-15-21-43(9,10)25-37-29(3)23-31(5)39(33(37)7)27-47-41(45)35-19-17-18-20-36(35)42(46)48-28-40-32(6)24-30(4)38(34(40)8)26-44(11,12)22-16-14-2/h29-40H,13-28H2,1-12H3. The van der Waals surface area contributed by atoms with Crippen LogP contribution in [0.3, 0.4) is 0 Å². The molecule has 0 radical (unpaired) electrons. The van der Waals surface area contributed by atoms with Gasteiger partial charge in [-0.05, 0) is 121 Å². The van der Waals surface area contributed by atoms with Crippen molar-refractivity contribution in [3.63, 3.8) is 0 Å². The highest BCUT2D eigenvalue weighted by Gasteiger charge is 2.45. The maximum Gasteiger partial charge on any atom is 0.309 e. The fraction of sp³-hybridized carbons (Fsp3) is 0.955. The van der Waals surface area contributed by atoms with Crippen LogP contribution in [0.15, 0.2) is 0 Å². The molecule has 0 aromatic heterocycles. The first kappa shape index (κ1) is 41.4. The van der Waals surface area contributed by atoms with Crippen LogP contribution in [0.1, 0.15) is 173 Å². The number of carbonyl (C=O) groups excluding carboxylic acids is 2. The van der Waals surface area contributed by atoms with Gasteiger partial charge in [-0.15, -0.1) is 0 Å². The van der Waals surface area contributed by atoms with Gasteiger partial charge in [0.25, 0.3) is 0 Å². The molecule has 3 saturated carbocycles. The molecule has 4 heteroatoms. The van der Waals surface area contributed by atoms with Gasteiger partial charge >= 0.3 is 11.9 Å². The van der Waals surface area contributed by atoms with Gasteiger partial charge in [-0.2, -0.15) is 0 Å². The summed E-state index contributed by atoms with van der Waals surface area (Å²) in [5, 5.41) is 0. The van der Waals surface area contributed by atoms with Crippen molar-refractivity contribution in [1.82, 2.24) is 0 Å². The first-order chi connectivity index (χ1) is 22.5. The lowest BCUT2D eigenvalue weighted by Crippen LogP contribution is -2.43. The maximum atomic E-state index is 13.7. The molecule has 12 unspecified atom stereocenters. The summed E-state index contributed by atoms with van der Waals surface area (Å²) in [6, 6.07) is 0. The van der Waals surface area contributed by atoms with Gasteiger partial charge in [0.2, 0.25) is 0 Å². The third kappa shape index (κ3) is 11.2. The Labute approximate surface area is 298 Å². The lowest BCUT2D eigenvalue weighted by atomic mass is 9.59. The molecule has 4 nitrogen and oxygen atoms in total. The molecule has 0 saturated heterocycles. The number of rotatable bonds is 16. The zero-order valence-corrected chi connectivity index (χ0v) is 33.9. The summed E-state index contributed by atoms with van der Waals surface area (Å²) >= 11 is 0. The summed E-state index contributed by atoms with van der Waals surface area (Å²) in [6.07, 6.45) is 16.0. The summed E-state index contributed by atoms with van der Waals surface area (Å²) < 4.78 is 12.4. The Balaban J connectivity index is 1.60. The van der Waals surface area contributed by atoms with E-state index in [1.165, 1.54) is 64.2 Å². The number of esters is 2. The second-order valence-corrected chi connectivity index (χ2v) is 19.5. The van der Waals surface area contributed by atoms with Crippen LogP contribution in [0.2, 0.25) is 0 Å². The molecule has 0 aromatic carbocycles. The molecule has 0 heterocycles. The van der Waals surface area contributed by atoms with Gasteiger partial charge in [-0.1, -0.05) is 122 Å². The Kier molecular flexibility index (Phi) is 15.9. The Morgan fingerprint density at radius 2 is 0.896 bits per heavy atom. The summed E-state index contributed by atoms with van der Waals surface area (Å²) in [6.45, 7) is 29.8. The highest BCUT2D eigenvalue weighted by molar-refractivity contribution is 5.82. The molecule has 0 bridgehead atoms. The van der Waals surface area contributed by atoms with E-state index in [9.17, 15) is 9.59 Å². The van der Waals surface area contributed by atoms with E-state index in [4.69, 9.17) is 9.47 Å². The Morgan fingerprint density at radius 3 is 1.23 bits per heavy atom. The second kappa shape index (κ2) is 18.4. The highest BCUT2D eigenvalue weighted by Crippen LogP contribution is 2.49. The van der Waals surface area contributed by atoms with Crippen LogP contribution in [0, 0.1) is 81.8 Å². The van der Waals surface area contributed by atoms with E-state index in [-0.39, 0.29) is 23.8 Å². The van der Waals surface area contributed by atoms with E-state index >= 15 is 0 Å². The van der Waals surface area contributed by atoms with Crippen LogP contribution in [-0.4, -0.2) is 25.2 Å². The monoisotopic (exact) mass is 673 g/mol. The quantitative estimate of drug-likeness (QED) is 0.153. The van der Waals surface area contributed by atoms with Crippen molar-refractivity contribution < 1.29 is 19.1 Å². The van der Waals surface area contributed by atoms with Crippen LogP contribution in [0.4, 0.5) is 0 Å². The third-order valence-electron chi connectivity index (χ3n) is 14.3. The molecule has 3 rings (SSSR count). The van der Waals surface area contributed by atoms with Crippen LogP contribution in [0.5, 0.6) is 0 Å². The summed E-state index contributed by atoms with van der Waals surface area (Å²) in [7, 11) is 0. The van der Waals surface area contributed by atoms with Crippen molar-refractivity contribution in [3.05, 3.63) is 0 Å². The molecule has 0 aliphatic heterocycles. The predicted molar refractivity (Wildman–Crippen MR) is 201 cm³/mol.